The lowest BCUT2D eigenvalue weighted by atomic mass is 9.77. The van der Waals surface area contributed by atoms with E-state index in [0.717, 1.165) is 0 Å². The van der Waals surface area contributed by atoms with Crippen molar-refractivity contribution in [3.8, 4) is 23.0 Å². The van der Waals surface area contributed by atoms with Crippen LogP contribution in [0.25, 0.3) is 0 Å². The Hall–Kier alpha value is -4.95. The van der Waals surface area contributed by atoms with Crippen molar-refractivity contribution in [2.24, 2.45) is 0 Å². The standard InChI is InChI=1S/C34H35N4O18P3/c39-20-4-8-24-28(14-20)53-29-15-21(40)5-9-25(29)34(24)26-13-19(3-7-23(26)33(43)54-34)31(41)35-11-1-2-12-36-32(42)27-16-38(18-37-27)30-10-6-22(52-30)17-51-58(47,48)56-59(49,50)55-57(44,45)46/h3-5,7-9,13-16,18,22,30,39-40H,1-2,6,10-12,17H2,(H,35,41)(H,36,42)(H,47,48)(H,49,50)(H2,44,45,46)/t22-,30+/m0/s1. The number of carbonyl (C=O) groups excluding carboxylic acids is 3. The molecular formula is C34H35N4O18P3. The minimum absolute atomic E-state index is 0.0684. The van der Waals surface area contributed by atoms with Crippen LogP contribution in [0.1, 0.15) is 79.8 Å². The highest BCUT2D eigenvalue weighted by atomic mass is 31.3. The van der Waals surface area contributed by atoms with Crippen LogP contribution in [-0.2, 0) is 41.9 Å². The maximum Gasteiger partial charge on any atom is 0.490 e. The molecule has 4 heterocycles. The second-order valence-corrected chi connectivity index (χ2v) is 17.8. The first-order valence-electron chi connectivity index (χ1n) is 17.6. The molecule has 1 aromatic heterocycles. The monoisotopic (exact) mass is 880 g/mol. The second kappa shape index (κ2) is 16.2. The fourth-order valence-corrected chi connectivity index (χ4v) is 9.86. The number of esters is 1. The van der Waals surface area contributed by atoms with Crippen molar-refractivity contribution >= 4 is 41.3 Å². The van der Waals surface area contributed by atoms with Crippen molar-refractivity contribution < 1.29 is 85.2 Å². The van der Waals surface area contributed by atoms with Gasteiger partial charge in [-0.25, -0.2) is 23.5 Å². The van der Waals surface area contributed by atoms with E-state index in [2.05, 4.69) is 28.8 Å². The predicted octanol–water partition coefficient (Wildman–Crippen LogP) is 3.82. The molecule has 4 aromatic rings. The summed E-state index contributed by atoms with van der Waals surface area (Å²) in [5, 5.41) is 25.9. The maximum absolute atomic E-state index is 13.3. The number of hydrogen-bond acceptors (Lipinski definition) is 15. The van der Waals surface area contributed by atoms with Crippen LogP contribution >= 0.6 is 23.5 Å². The van der Waals surface area contributed by atoms with E-state index in [1.807, 2.05) is 0 Å². The lowest BCUT2D eigenvalue weighted by Gasteiger charge is -2.36. The summed E-state index contributed by atoms with van der Waals surface area (Å²) in [6.45, 7) is -0.107. The minimum Gasteiger partial charge on any atom is -0.508 e. The topological polar surface area (TPSA) is 321 Å². The summed E-state index contributed by atoms with van der Waals surface area (Å²) in [5.41, 5.74) is 0.234. The molecule has 1 fully saturated rings. The molecule has 2 unspecified atom stereocenters. The molecule has 314 valence electrons. The van der Waals surface area contributed by atoms with Crippen molar-refractivity contribution in [3.05, 3.63) is 101 Å². The highest BCUT2D eigenvalue weighted by Gasteiger charge is 2.54. The van der Waals surface area contributed by atoms with Gasteiger partial charge in [0.25, 0.3) is 11.8 Å². The Morgan fingerprint density at radius 1 is 0.831 bits per heavy atom. The zero-order valence-corrected chi connectivity index (χ0v) is 33.0. The van der Waals surface area contributed by atoms with E-state index in [1.54, 1.807) is 18.2 Å². The minimum atomic E-state index is -5.65. The number of amides is 2. The third-order valence-corrected chi connectivity index (χ3v) is 13.1. The van der Waals surface area contributed by atoms with Crippen LogP contribution in [0.3, 0.4) is 0 Å². The first-order valence-corrected chi connectivity index (χ1v) is 22.1. The largest absolute Gasteiger partial charge is 0.508 e. The number of nitrogens with one attached hydrogen (secondary N) is 2. The number of unbranched alkanes of at least 4 members (excludes halogenated alkanes) is 1. The SMILES string of the molecule is O=C(NCCCCNC(=O)c1cn([C@H]2CC[C@@H](COP(=O)(O)OP(=O)(O)OP(=O)(O)O)O2)cn1)c1ccc2c(c1)C1(OC2=O)c2ccc(O)cc2Oc2cc(O)ccc21. The molecular weight excluding hydrogens is 845 g/mol. The van der Waals surface area contributed by atoms with Crippen LogP contribution in [0.4, 0.5) is 0 Å². The second-order valence-electron chi connectivity index (χ2n) is 13.4. The van der Waals surface area contributed by atoms with Gasteiger partial charge in [-0.15, -0.1) is 0 Å². The van der Waals surface area contributed by atoms with Crippen LogP contribution in [-0.4, -0.2) is 82.9 Å². The van der Waals surface area contributed by atoms with Gasteiger partial charge < -0.3 is 59.2 Å². The smallest absolute Gasteiger partial charge is 0.490 e. The lowest BCUT2D eigenvalue weighted by molar-refractivity contribution is -0.0221. The third kappa shape index (κ3) is 9.28. The summed E-state index contributed by atoms with van der Waals surface area (Å²) in [6.07, 6.45) is 2.93. The Labute approximate surface area is 333 Å². The van der Waals surface area contributed by atoms with E-state index < -0.39 is 65.8 Å². The number of phenolic OH excluding ortho intramolecular Hbond substituents is 2. The molecule has 59 heavy (non-hydrogen) atoms. The zero-order chi connectivity index (χ0) is 42.3. The van der Waals surface area contributed by atoms with Crippen LogP contribution in [0.15, 0.2) is 67.1 Å². The molecule has 25 heteroatoms. The van der Waals surface area contributed by atoms with Gasteiger partial charge >= 0.3 is 29.4 Å². The third-order valence-electron chi connectivity index (χ3n) is 9.30. The molecule has 4 atom stereocenters. The molecule has 3 aliphatic heterocycles. The van der Waals surface area contributed by atoms with Crippen molar-refractivity contribution in [1.82, 2.24) is 20.2 Å². The first-order chi connectivity index (χ1) is 27.8. The van der Waals surface area contributed by atoms with Crippen LogP contribution < -0.4 is 15.4 Å². The fourth-order valence-electron chi connectivity index (χ4n) is 6.81. The molecule has 22 nitrogen and oxygen atoms in total. The summed E-state index contributed by atoms with van der Waals surface area (Å²) in [7, 11) is -16.5. The number of carbonyl (C=O) groups is 3. The zero-order valence-electron chi connectivity index (χ0n) is 30.3. The molecule has 8 N–H and O–H groups in total. The van der Waals surface area contributed by atoms with Gasteiger partial charge in [0.05, 0.1) is 24.6 Å². The first kappa shape index (κ1) is 42.2. The highest BCUT2D eigenvalue weighted by Crippen LogP contribution is 2.66. The van der Waals surface area contributed by atoms with Gasteiger partial charge in [-0.05, 0) is 68.1 Å². The lowest BCUT2D eigenvalue weighted by Crippen LogP contribution is -2.33. The number of phosphoric acid groups is 3. The van der Waals surface area contributed by atoms with E-state index in [4.69, 9.17) is 24.0 Å². The Bertz CT molecular complexity index is 2420. The molecule has 0 bridgehead atoms. The number of hydrogen-bond donors (Lipinski definition) is 8. The van der Waals surface area contributed by atoms with E-state index >= 15 is 0 Å². The van der Waals surface area contributed by atoms with Gasteiger partial charge in [0.1, 0.15) is 34.9 Å². The fraction of sp³-hybridized carbons (Fsp3) is 0.294. The Kier molecular flexibility index (Phi) is 11.6. The van der Waals surface area contributed by atoms with Crippen LogP contribution in [0.2, 0.25) is 0 Å². The molecule has 0 aliphatic carbocycles. The van der Waals surface area contributed by atoms with E-state index in [9.17, 15) is 48.1 Å². The molecule has 1 saturated heterocycles. The average molecular weight is 881 g/mol. The van der Waals surface area contributed by atoms with E-state index in [-0.39, 0.29) is 59.3 Å². The number of imidazole rings is 1. The number of benzene rings is 3. The number of rotatable bonds is 15. The molecule has 2 amide bonds. The van der Waals surface area contributed by atoms with Gasteiger partial charge in [-0.2, -0.15) is 8.62 Å². The van der Waals surface area contributed by atoms with Crippen molar-refractivity contribution in [2.45, 2.75) is 43.6 Å². The van der Waals surface area contributed by atoms with Gasteiger partial charge in [-0.1, -0.05) is 0 Å². The van der Waals surface area contributed by atoms with Gasteiger partial charge in [-0.3, -0.25) is 14.1 Å². The number of phosphoric ester groups is 1. The van der Waals surface area contributed by atoms with Crippen LogP contribution in [0, 0.1) is 0 Å². The van der Waals surface area contributed by atoms with Gasteiger partial charge in [0.2, 0.25) is 0 Å². The highest BCUT2D eigenvalue weighted by molar-refractivity contribution is 7.66. The Morgan fingerprint density at radius 2 is 1.47 bits per heavy atom. The molecule has 0 saturated carbocycles. The molecule has 3 aromatic carbocycles. The van der Waals surface area contributed by atoms with Crippen LogP contribution in [0.5, 0.6) is 23.0 Å². The Balaban J connectivity index is 0.882. The summed E-state index contributed by atoms with van der Waals surface area (Å²) >= 11 is 0. The number of phenols is 2. The van der Waals surface area contributed by atoms with Crippen molar-refractivity contribution in [2.75, 3.05) is 19.7 Å². The van der Waals surface area contributed by atoms with E-state index in [1.165, 1.54) is 53.5 Å². The van der Waals surface area contributed by atoms with Gasteiger partial charge in [0.15, 0.2) is 5.60 Å². The summed E-state index contributed by atoms with van der Waals surface area (Å²) in [4.78, 5) is 79.6. The average Bonchev–Trinajstić information content (AvgIpc) is 3.89. The number of aromatic hydroxyl groups is 2. The van der Waals surface area contributed by atoms with E-state index in [0.29, 0.717) is 36.0 Å². The molecule has 3 aliphatic rings. The number of nitrogens with zero attached hydrogens (tertiary/aromatic N) is 2. The summed E-state index contributed by atoms with van der Waals surface area (Å²) in [6, 6.07) is 13.3. The number of aromatic nitrogens is 2. The quantitative estimate of drug-likeness (QED) is 0.0478. The molecule has 0 radical (unpaired) electrons. The predicted molar refractivity (Wildman–Crippen MR) is 197 cm³/mol. The van der Waals surface area contributed by atoms with Gasteiger partial charge in [0, 0.05) is 53.7 Å². The summed E-state index contributed by atoms with van der Waals surface area (Å²) in [5.74, 6) is -1.32. The Morgan fingerprint density at radius 3 is 2.12 bits per heavy atom. The number of fused-ring (bicyclic) bond motifs is 6. The summed E-state index contributed by atoms with van der Waals surface area (Å²) < 4.78 is 65.5. The van der Waals surface area contributed by atoms with Crippen molar-refractivity contribution in [1.29, 1.82) is 0 Å². The number of ether oxygens (including phenoxy) is 3. The van der Waals surface area contributed by atoms with Crippen molar-refractivity contribution in [3.63, 3.8) is 0 Å². The molecule has 1 spiro atoms. The normalized spacial score (nSPS) is 19.7. The maximum atomic E-state index is 13.3. The molecule has 7 rings (SSSR count).